The van der Waals surface area contributed by atoms with Crippen LogP contribution in [0.5, 0.6) is 0 Å². The van der Waals surface area contributed by atoms with Crippen molar-refractivity contribution in [3.05, 3.63) is 33.8 Å². The average molecular weight is 263 g/mol. The second-order valence-corrected chi connectivity index (χ2v) is 4.57. The molecule has 0 saturated heterocycles. The van der Waals surface area contributed by atoms with Crippen LogP contribution in [-0.4, -0.2) is 16.2 Å². The molecular weight excluding hydrogens is 251 g/mol. The molecule has 88 valence electrons. The second-order valence-electron chi connectivity index (χ2n) is 3.69. The largest absolute Gasteiger partial charge is 0.481 e. The zero-order valence-electron chi connectivity index (χ0n) is 8.65. The van der Waals surface area contributed by atoms with E-state index < -0.39 is 18.0 Å². The molecule has 0 aromatic heterocycles. The first-order chi connectivity index (χ1) is 7.40. The Labute approximate surface area is 104 Å². The van der Waals surface area contributed by atoms with Gasteiger partial charge < -0.3 is 10.2 Å². The van der Waals surface area contributed by atoms with Crippen LogP contribution < -0.4 is 0 Å². The molecule has 5 heteroatoms. The predicted octanol–water partition coefficient (Wildman–Crippen LogP) is 3.14. The van der Waals surface area contributed by atoms with Crippen molar-refractivity contribution in [3.8, 4) is 0 Å². The summed E-state index contributed by atoms with van der Waals surface area (Å²) in [5, 5.41) is 19.4. The molecule has 2 unspecified atom stereocenters. The van der Waals surface area contributed by atoms with E-state index >= 15 is 0 Å². The molecule has 0 aliphatic carbocycles. The Bertz CT molecular complexity index is 373. The molecule has 0 bridgehead atoms. The molecule has 2 atom stereocenters. The summed E-state index contributed by atoms with van der Waals surface area (Å²) in [5.74, 6) is -1.56. The van der Waals surface area contributed by atoms with Crippen LogP contribution in [0, 0.1) is 5.92 Å². The van der Waals surface area contributed by atoms with Crippen LogP contribution in [0.4, 0.5) is 0 Å². The zero-order valence-corrected chi connectivity index (χ0v) is 10.2. The van der Waals surface area contributed by atoms with E-state index in [0.717, 1.165) is 0 Å². The molecule has 0 aliphatic heterocycles. The number of carboxylic acid groups (broad SMARTS) is 1. The number of aliphatic hydroxyl groups excluding tert-OH is 1. The molecule has 0 saturated carbocycles. The highest BCUT2D eigenvalue weighted by atomic mass is 35.5. The van der Waals surface area contributed by atoms with Gasteiger partial charge in [-0.15, -0.1) is 0 Å². The molecular formula is C11H12Cl2O3. The van der Waals surface area contributed by atoms with Gasteiger partial charge in [-0.3, -0.25) is 4.79 Å². The van der Waals surface area contributed by atoms with Gasteiger partial charge in [0.2, 0.25) is 0 Å². The minimum Gasteiger partial charge on any atom is -0.481 e. The Morgan fingerprint density at radius 2 is 1.81 bits per heavy atom. The van der Waals surface area contributed by atoms with Gasteiger partial charge in [0.05, 0.1) is 12.0 Å². The maximum Gasteiger partial charge on any atom is 0.306 e. The number of aliphatic hydroxyl groups is 1. The first kappa shape index (κ1) is 13.3. The van der Waals surface area contributed by atoms with Gasteiger partial charge in [0.25, 0.3) is 0 Å². The molecule has 1 aromatic carbocycles. The molecule has 16 heavy (non-hydrogen) atoms. The van der Waals surface area contributed by atoms with Gasteiger partial charge in [0, 0.05) is 10.0 Å². The summed E-state index contributed by atoms with van der Waals surface area (Å²) in [6.45, 7) is 1.54. The standard InChI is InChI=1S/C11H12Cl2O3/c1-6(11(15)16)2-10(14)7-3-8(12)5-9(13)4-7/h3-6,10,14H,2H2,1H3,(H,15,16). The third-order valence-electron chi connectivity index (χ3n) is 2.27. The van der Waals surface area contributed by atoms with E-state index in [-0.39, 0.29) is 6.42 Å². The number of carbonyl (C=O) groups is 1. The van der Waals surface area contributed by atoms with Crippen LogP contribution in [0.25, 0.3) is 0 Å². The highest BCUT2D eigenvalue weighted by Gasteiger charge is 2.18. The van der Waals surface area contributed by atoms with Gasteiger partial charge in [0.15, 0.2) is 0 Å². The van der Waals surface area contributed by atoms with Crippen molar-refractivity contribution in [3.63, 3.8) is 0 Å². The van der Waals surface area contributed by atoms with Crippen molar-refractivity contribution in [1.29, 1.82) is 0 Å². The number of aliphatic carboxylic acids is 1. The van der Waals surface area contributed by atoms with Crippen molar-refractivity contribution in [2.75, 3.05) is 0 Å². The van der Waals surface area contributed by atoms with Crippen molar-refractivity contribution < 1.29 is 15.0 Å². The van der Waals surface area contributed by atoms with Gasteiger partial charge in [-0.05, 0) is 30.2 Å². The average Bonchev–Trinajstić information content (AvgIpc) is 2.15. The van der Waals surface area contributed by atoms with Gasteiger partial charge >= 0.3 is 5.97 Å². The van der Waals surface area contributed by atoms with E-state index in [4.69, 9.17) is 28.3 Å². The molecule has 1 aromatic rings. The summed E-state index contributed by atoms with van der Waals surface area (Å²) in [7, 11) is 0. The Morgan fingerprint density at radius 3 is 2.25 bits per heavy atom. The third kappa shape index (κ3) is 3.67. The fourth-order valence-electron chi connectivity index (χ4n) is 1.34. The van der Waals surface area contributed by atoms with Crippen LogP contribution in [0.3, 0.4) is 0 Å². The lowest BCUT2D eigenvalue weighted by Crippen LogP contribution is -2.13. The second kappa shape index (κ2) is 5.53. The smallest absolute Gasteiger partial charge is 0.306 e. The zero-order chi connectivity index (χ0) is 12.3. The van der Waals surface area contributed by atoms with E-state index in [1.165, 1.54) is 6.92 Å². The lowest BCUT2D eigenvalue weighted by Gasteiger charge is -2.14. The van der Waals surface area contributed by atoms with Crippen molar-refractivity contribution in [1.82, 2.24) is 0 Å². The number of halogens is 2. The highest BCUT2D eigenvalue weighted by Crippen LogP contribution is 2.27. The summed E-state index contributed by atoms with van der Waals surface area (Å²) < 4.78 is 0. The Balaban J connectivity index is 2.80. The van der Waals surface area contributed by atoms with Gasteiger partial charge in [0.1, 0.15) is 0 Å². The highest BCUT2D eigenvalue weighted by molar-refractivity contribution is 6.34. The third-order valence-corrected chi connectivity index (χ3v) is 2.70. The van der Waals surface area contributed by atoms with Crippen molar-refractivity contribution >= 4 is 29.2 Å². The first-order valence-corrected chi connectivity index (χ1v) is 5.52. The van der Waals surface area contributed by atoms with E-state index in [0.29, 0.717) is 15.6 Å². The van der Waals surface area contributed by atoms with Gasteiger partial charge in [-0.25, -0.2) is 0 Å². The number of rotatable bonds is 4. The van der Waals surface area contributed by atoms with E-state index in [1.807, 2.05) is 0 Å². The van der Waals surface area contributed by atoms with Crippen LogP contribution in [-0.2, 0) is 4.79 Å². The summed E-state index contributed by atoms with van der Waals surface area (Å²) in [4.78, 5) is 10.6. The summed E-state index contributed by atoms with van der Waals surface area (Å²) >= 11 is 11.6. The Hall–Kier alpha value is -0.770. The van der Waals surface area contributed by atoms with Gasteiger partial charge in [-0.1, -0.05) is 30.1 Å². The Kier molecular flexibility index (Phi) is 4.59. The molecule has 2 N–H and O–H groups in total. The number of hydrogen-bond donors (Lipinski definition) is 2. The maximum atomic E-state index is 10.6. The first-order valence-electron chi connectivity index (χ1n) is 4.77. The fraction of sp³-hybridized carbons (Fsp3) is 0.364. The van der Waals surface area contributed by atoms with Crippen LogP contribution in [0.2, 0.25) is 10.0 Å². The van der Waals surface area contributed by atoms with Crippen molar-refractivity contribution in [2.45, 2.75) is 19.4 Å². The number of carboxylic acids is 1. The van der Waals surface area contributed by atoms with E-state index in [2.05, 4.69) is 0 Å². The number of hydrogen-bond acceptors (Lipinski definition) is 2. The Morgan fingerprint density at radius 1 is 1.31 bits per heavy atom. The molecule has 0 heterocycles. The lowest BCUT2D eigenvalue weighted by molar-refractivity contribution is -0.142. The topological polar surface area (TPSA) is 57.5 Å². The summed E-state index contributed by atoms with van der Waals surface area (Å²) in [5.41, 5.74) is 0.533. The quantitative estimate of drug-likeness (QED) is 0.877. The molecule has 0 radical (unpaired) electrons. The predicted molar refractivity (Wildman–Crippen MR) is 62.8 cm³/mol. The summed E-state index contributed by atoms with van der Waals surface area (Å²) in [6, 6.07) is 4.71. The maximum absolute atomic E-state index is 10.6. The molecule has 3 nitrogen and oxygen atoms in total. The SMILES string of the molecule is CC(CC(O)c1cc(Cl)cc(Cl)c1)C(=O)O. The summed E-state index contributed by atoms with van der Waals surface area (Å²) in [6.07, 6.45) is -0.742. The molecule has 0 fully saturated rings. The lowest BCUT2D eigenvalue weighted by atomic mass is 9.98. The van der Waals surface area contributed by atoms with Gasteiger partial charge in [-0.2, -0.15) is 0 Å². The molecule has 1 rings (SSSR count). The van der Waals surface area contributed by atoms with Crippen LogP contribution >= 0.6 is 23.2 Å². The van der Waals surface area contributed by atoms with Crippen LogP contribution in [0.15, 0.2) is 18.2 Å². The minimum absolute atomic E-state index is 0.131. The van der Waals surface area contributed by atoms with E-state index in [9.17, 15) is 9.90 Å². The minimum atomic E-state index is -0.938. The monoisotopic (exact) mass is 262 g/mol. The van der Waals surface area contributed by atoms with Crippen molar-refractivity contribution in [2.24, 2.45) is 5.92 Å². The normalized spacial score (nSPS) is 14.5. The molecule has 0 aliphatic rings. The van der Waals surface area contributed by atoms with Crippen LogP contribution in [0.1, 0.15) is 25.0 Å². The molecule has 0 spiro atoms. The fourth-order valence-corrected chi connectivity index (χ4v) is 1.88. The molecule has 0 amide bonds. The van der Waals surface area contributed by atoms with E-state index in [1.54, 1.807) is 18.2 Å². The number of benzene rings is 1.